The Morgan fingerprint density at radius 1 is 1.44 bits per heavy atom. The predicted molar refractivity (Wildman–Crippen MR) is 33.2 cm³/mol. The number of hydrogen-bond acceptors (Lipinski definition) is 4. The van der Waals surface area contributed by atoms with Crippen molar-refractivity contribution in [2.75, 3.05) is 12.1 Å². The average molecular weight is 173 g/mol. The van der Waals surface area contributed by atoms with Gasteiger partial charge in [-0.15, -0.1) is 0 Å². The third kappa shape index (κ3) is 4.37. The van der Waals surface area contributed by atoms with E-state index in [1.807, 2.05) is 4.72 Å². The molecule has 5 nitrogen and oxygen atoms in total. The normalized spacial score (nSPS) is 12.2. The van der Waals surface area contributed by atoms with Crippen LogP contribution in [0, 0.1) is 0 Å². The Labute approximate surface area is 55.1 Å². The van der Waals surface area contributed by atoms with Gasteiger partial charge in [0.1, 0.15) is 0 Å². The molecule has 0 heterocycles. The zero-order valence-corrected chi connectivity index (χ0v) is 6.41. The van der Waals surface area contributed by atoms with Gasteiger partial charge in [0.05, 0.1) is 0 Å². The zero-order valence-electron chi connectivity index (χ0n) is 4.70. The molecule has 0 aromatic rings. The van der Waals surface area contributed by atoms with Crippen molar-refractivity contribution in [1.29, 1.82) is 0 Å². The van der Waals surface area contributed by atoms with E-state index in [1.54, 1.807) is 0 Å². The third-order valence-electron chi connectivity index (χ3n) is 0.586. The molecule has 0 fully saturated rings. The Kier molecular flexibility index (Phi) is 3.09. The van der Waals surface area contributed by atoms with Gasteiger partial charge < -0.3 is 0 Å². The van der Waals surface area contributed by atoms with Crippen molar-refractivity contribution in [2.24, 2.45) is 0 Å². The van der Waals surface area contributed by atoms with Gasteiger partial charge in [0.25, 0.3) is 0 Å². The fourth-order valence-electron chi connectivity index (χ4n) is 0.203. The molecule has 7 heteroatoms. The molecule has 0 aliphatic heterocycles. The molecule has 0 radical (unpaired) electrons. The molecule has 0 saturated heterocycles. The van der Waals surface area contributed by atoms with E-state index in [0.717, 1.165) is 7.05 Å². The van der Waals surface area contributed by atoms with Crippen LogP contribution in [-0.2, 0) is 20.7 Å². The third-order valence-corrected chi connectivity index (χ3v) is 3.41. The molecule has 0 spiro atoms. The molecule has 0 atom stereocenters. The lowest BCUT2D eigenvalue weighted by atomic mass is 11.6. The van der Waals surface area contributed by atoms with Crippen molar-refractivity contribution in [3.05, 3.63) is 0 Å². The van der Waals surface area contributed by atoms with Gasteiger partial charge in [-0.3, -0.25) is 0 Å². The molecule has 9 heavy (non-hydrogen) atoms. The van der Waals surface area contributed by atoms with Crippen LogP contribution in [0.2, 0.25) is 0 Å². The molecule has 0 aromatic heterocycles. The molecule has 0 amide bonds. The summed E-state index contributed by atoms with van der Waals surface area (Å²) in [6.07, 6.45) is 0. The quantitative estimate of drug-likeness (QED) is 0.489. The van der Waals surface area contributed by atoms with Gasteiger partial charge in [-0.1, -0.05) is 0 Å². The van der Waals surface area contributed by atoms with Gasteiger partial charge in [-0.05, 0) is 7.05 Å². The highest BCUT2D eigenvalue weighted by Gasteiger charge is 2.06. The Balaban J connectivity index is 4.23. The van der Waals surface area contributed by atoms with Gasteiger partial charge in [0.15, 0.2) is 15.8 Å². The largest absolute Gasteiger partial charge is 0.231 e. The maximum atomic E-state index is 10.3. The van der Waals surface area contributed by atoms with Crippen molar-refractivity contribution in [3.8, 4) is 0 Å². The van der Waals surface area contributed by atoms with Gasteiger partial charge in [0.2, 0.25) is 10.0 Å². The molecular formula is C2H7NO4S2. The fraction of sp³-hybridized carbons (Fsp3) is 1.00. The van der Waals surface area contributed by atoms with Crippen LogP contribution in [0.4, 0.5) is 0 Å². The standard InChI is InChI=1S/C2H7NO4S2/c1-3-9(6,7)2-8(4)5/h3,8H,2H2,1H3. The first-order valence-corrected chi connectivity index (χ1v) is 5.02. The number of rotatable bonds is 3. The van der Waals surface area contributed by atoms with Crippen LogP contribution in [0.15, 0.2) is 0 Å². The highest BCUT2D eigenvalue weighted by atomic mass is 32.3. The first-order valence-electron chi connectivity index (χ1n) is 2.01. The number of hydrogen-bond donors (Lipinski definition) is 2. The molecule has 0 unspecified atom stereocenters. The maximum Gasteiger partial charge on any atom is 0.225 e. The topological polar surface area (TPSA) is 80.3 Å². The number of sulfonamides is 1. The summed E-state index contributed by atoms with van der Waals surface area (Å²) in [5.74, 6) is 0. The molecule has 0 rings (SSSR count). The van der Waals surface area contributed by atoms with E-state index in [9.17, 15) is 16.8 Å². The lowest BCUT2D eigenvalue weighted by Crippen LogP contribution is -2.22. The van der Waals surface area contributed by atoms with E-state index in [1.165, 1.54) is 0 Å². The smallest absolute Gasteiger partial charge is 0.225 e. The van der Waals surface area contributed by atoms with Crippen LogP contribution >= 0.6 is 0 Å². The van der Waals surface area contributed by atoms with Gasteiger partial charge >= 0.3 is 0 Å². The summed E-state index contributed by atoms with van der Waals surface area (Å²) in [5, 5.41) is -0.834. The van der Waals surface area contributed by atoms with Gasteiger partial charge in [-0.2, -0.15) is 0 Å². The zero-order chi connectivity index (χ0) is 7.49. The van der Waals surface area contributed by atoms with Crippen LogP contribution < -0.4 is 4.72 Å². The van der Waals surface area contributed by atoms with Crippen LogP contribution in [0.1, 0.15) is 0 Å². The van der Waals surface area contributed by atoms with E-state index < -0.39 is 25.8 Å². The molecule has 0 aromatic carbocycles. The van der Waals surface area contributed by atoms with E-state index >= 15 is 0 Å². The van der Waals surface area contributed by atoms with Crippen LogP contribution in [-0.4, -0.2) is 29.0 Å². The van der Waals surface area contributed by atoms with E-state index in [0.29, 0.717) is 0 Å². The summed E-state index contributed by atoms with van der Waals surface area (Å²) in [5.41, 5.74) is 0. The van der Waals surface area contributed by atoms with Crippen molar-refractivity contribution < 1.29 is 16.8 Å². The molecule has 0 aliphatic carbocycles. The average Bonchev–Trinajstić information content (AvgIpc) is 1.63. The fourth-order valence-corrected chi connectivity index (χ4v) is 1.83. The first kappa shape index (κ1) is 8.86. The predicted octanol–water partition coefficient (Wildman–Crippen LogP) is -1.90. The second-order valence-corrected chi connectivity index (χ2v) is 4.62. The van der Waals surface area contributed by atoms with Crippen molar-refractivity contribution in [2.45, 2.75) is 0 Å². The molecule has 0 saturated carbocycles. The summed E-state index contributed by atoms with van der Waals surface area (Å²) in [7, 11) is -5.25. The van der Waals surface area contributed by atoms with E-state index in [-0.39, 0.29) is 0 Å². The minimum atomic E-state index is -3.56. The molecule has 0 bridgehead atoms. The first-order chi connectivity index (χ1) is 3.98. The minimum absolute atomic E-state index is 0.834. The highest BCUT2D eigenvalue weighted by molar-refractivity contribution is 8.00. The summed E-state index contributed by atoms with van der Waals surface area (Å²) in [4.78, 5) is 0. The monoisotopic (exact) mass is 173 g/mol. The van der Waals surface area contributed by atoms with Crippen LogP contribution in [0.25, 0.3) is 0 Å². The number of thiol groups is 1. The summed E-state index contributed by atoms with van der Waals surface area (Å²) in [6, 6.07) is 0. The highest BCUT2D eigenvalue weighted by Crippen LogP contribution is 1.79. The Bertz CT molecular complexity index is 229. The lowest BCUT2D eigenvalue weighted by molar-refractivity contribution is 0.589. The van der Waals surface area contributed by atoms with Crippen molar-refractivity contribution in [3.63, 3.8) is 0 Å². The SMILES string of the molecule is CNS(=O)(=O)C[SH](=O)=O. The second kappa shape index (κ2) is 3.14. The summed E-state index contributed by atoms with van der Waals surface area (Å²) >= 11 is 0. The Morgan fingerprint density at radius 2 is 1.89 bits per heavy atom. The molecule has 0 aliphatic rings. The minimum Gasteiger partial charge on any atom is -0.231 e. The lowest BCUT2D eigenvalue weighted by Gasteiger charge is -1.92. The van der Waals surface area contributed by atoms with E-state index in [4.69, 9.17) is 0 Å². The molecule has 56 valence electrons. The van der Waals surface area contributed by atoms with Crippen LogP contribution in [0.3, 0.4) is 0 Å². The summed E-state index contributed by atoms with van der Waals surface area (Å²) < 4.78 is 42.1. The van der Waals surface area contributed by atoms with Crippen LogP contribution in [0.5, 0.6) is 0 Å². The van der Waals surface area contributed by atoms with E-state index in [2.05, 4.69) is 0 Å². The van der Waals surface area contributed by atoms with Crippen molar-refractivity contribution >= 4 is 20.7 Å². The Hall–Kier alpha value is -0.140. The van der Waals surface area contributed by atoms with Gasteiger partial charge in [-0.25, -0.2) is 21.6 Å². The maximum absolute atomic E-state index is 10.3. The molecular weight excluding hydrogens is 166 g/mol. The Morgan fingerprint density at radius 3 is 2.00 bits per heavy atom. The number of nitrogens with one attached hydrogen (secondary N) is 1. The molecule has 1 N–H and O–H groups in total. The second-order valence-electron chi connectivity index (χ2n) is 1.28. The van der Waals surface area contributed by atoms with Crippen molar-refractivity contribution in [1.82, 2.24) is 4.72 Å². The van der Waals surface area contributed by atoms with Gasteiger partial charge in [0, 0.05) is 0 Å². The summed E-state index contributed by atoms with van der Waals surface area (Å²) in [6.45, 7) is 0.